The van der Waals surface area contributed by atoms with Gasteiger partial charge in [0.15, 0.2) is 0 Å². The first-order chi connectivity index (χ1) is 10.4. The molecule has 5 nitrogen and oxygen atoms in total. The van der Waals surface area contributed by atoms with E-state index in [2.05, 4.69) is 15.2 Å². The number of furan rings is 1. The lowest BCUT2D eigenvalue weighted by Crippen LogP contribution is -2.40. The summed E-state index contributed by atoms with van der Waals surface area (Å²) in [5.74, 6) is 1.72. The van der Waals surface area contributed by atoms with Gasteiger partial charge in [0.1, 0.15) is 11.4 Å². The largest absolute Gasteiger partial charge is 0.464 e. The number of pyridine rings is 1. The van der Waals surface area contributed by atoms with Crippen LogP contribution < -0.4 is 10.2 Å². The van der Waals surface area contributed by atoms with Gasteiger partial charge in [0.05, 0.1) is 18.3 Å². The van der Waals surface area contributed by atoms with Crippen LogP contribution >= 0.6 is 0 Å². The molecule has 1 saturated heterocycles. The molecule has 1 atom stereocenters. The molecule has 0 bridgehead atoms. The van der Waals surface area contributed by atoms with Gasteiger partial charge in [-0.25, -0.2) is 4.98 Å². The van der Waals surface area contributed by atoms with Crippen LogP contribution in [0.25, 0.3) is 11.0 Å². The van der Waals surface area contributed by atoms with Gasteiger partial charge in [0, 0.05) is 32.9 Å². The first kappa shape index (κ1) is 14.4. The van der Waals surface area contributed by atoms with E-state index in [1.54, 1.807) is 13.4 Å². The fourth-order valence-electron chi connectivity index (χ4n) is 3.04. The van der Waals surface area contributed by atoms with Gasteiger partial charge in [-0.1, -0.05) is 0 Å². The van der Waals surface area contributed by atoms with Crippen LogP contribution in [-0.4, -0.2) is 44.9 Å². The van der Waals surface area contributed by atoms with Crippen molar-refractivity contribution in [2.24, 2.45) is 5.92 Å². The number of hydrogen-bond donors (Lipinski definition) is 1. The van der Waals surface area contributed by atoms with Crippen LogP contribution in [0.4, 0.5) is 5.82 Å². The number of anilines is 1. The summed E-state index contributed by atoms with van der Waals surface area (Å²) >= 11 is 0. The molecule has 3 rings (SSSR count). The third-order valence-corrected chi connectivity index (χ3v) is 4.09. The molecule has 2 aromatic rings. The number of piperidine rings is 1. The topological polar surface area (TPSA) is 50.5 Å². The maximum atomic E-state index is 5.48. The third kappa shape index (κ3) is 3.36. The maximum absolute atomic E-state index is 5.48. The van der Waals surface area contributed by atoms with E-state index in [1.807, 2.05) is 18.3 Å². The first-order valence-electron chi connectivity index (χ1n) is 7.65. The van der Waals surface area contributed by atoms with Gasteiger partial charge >= 0.3 is 0 Å². The SMILES string of the molecule is COCCNCC1CCCN(c2nccc3occc23)C1. The lowest BCUT2D eigenvalue weighted by molar-refractivity contribution is 0.197. The fourth-order valence-corrected chi connectivity index (χ4v) is 3.04. The van der Waals surface area contributed by atoms with E-state index in [4.69, 9.17) is 9.15 Å². The highest BCUT2D eigenvalue weighted by molar-refractivity contribution is 5.88. The highest BCUT2D eigenvalue weighted by Gasteiger charge is 2.22. The molecule has 114 valence electrons. The van der Waals surface area contributed by atoms with E-state index in [-0.39, 0.29) is 0 Å². The maximum Gasteiger partial charge on any atom is 0.139 e. The second-order valence-corrected chi connectivity index (χ2v) is 5.62. The van der Waals surface area contributed by atoms with Crippen molar-refractivity contribution >= 4 is 16.8 Å². The van der Waals surface area contributed by atoms with E-state index in [1.165, 1.54) is 12.8 Å². The predicted octanol–water partition coefficient (Wildman–Crippen LogP) is 2.28. The Labute approximate surface area is 125 Å². The standard InChI is InChI=1S/C16H23N3O2/c1-20-10-7-17-11-13-3-2-8-19(12-13)16-14-5-9-21-15(14)4-6-18-16/h4-6,9,13,17H,2-3,7-8,10-12H2,1H3. The highest BCUT2D eigenvalue weighted by atomic mass is 16.5. The Morgan fingerprint density at radius 3 is 3.33 bits per heavy atom. The minimum Gasteiger partial charge on any atom is -0.464 e. The summed E-state index contributed by atoms with van der Waals surface area (Å²) in [6, 6.07) is 3.94. The zero-order valence-corrected chi connectivity index (χ0v) is 12.5. The molecule has 2 aromatic heterocycles. The smallest absolute Gasteiger partial charge is 0.139 e. The molecule has 0 aromatic carbocycles. The van der Waals surface area contributed by atoms with Gasteiger partial charge < -0.3 is 19.4 Å². The predicted molar refractivity (Wildman–Crippen MR) is 83.7 cm³/mol. The lowest BCUT2D eigenvalue weighted by Gasteiger charge is -2.34. The quantitative estimate of drug-likeness (QED) is 0.827. The molecule has 21 heavy (non-hydrogen) atoms. The van der Waals surface area contributed by atoms with E-state index >= 15 is 0 Å². The number of ether oxygens (including phenoxy) is 1. The number of methoxy groups -OCH3 is 1. The lowest BCUT2D eigenvalue weighted by atomic mass is 9.97. The molecule has 3 heterocycles. The minimum atomic E-state index is 0.666. The molecule has 0 spiro atoms. The van der Waals surface area contributed by atoms with E-state index in [9.17, 15) is 0 Å². The second-order valence-electron chi connectivity index (χ2n) is 5.62. The van der Waals surface area contributed by atoms with Crippen LogP contribution in [0, 0.1) is 5.92 Å². The molecule has 1 fully saturated rings. The average molecular weight is 289 g/mol. The third-order valence-electron chi connectivity index (χ3n) is 4.09. The van der Waals surface area contributed by atoms with E-state index in [0.717, 1.165) is 49.6 Å². The summed E-state index contributed by atoms with van der Waals surface area (Å²) in [5, 5.41) is 4.59. The van der Waals surface area contributed by atoms with Crippen LogP contribution in [-0.2, 0) is 4.74 Å². The van der Waals surface area contributed by atoms with Crippen molar-refractivity contribution in [2.75, 3.05) is 44.8 Å². The second kappa shape index (κ2) is 6.91. The van der Waals surface area contributed by atoms with Crippen molar-refractivity contribution in [1.82, 2.24) is 10.3 Å². The Balaban J connectivity index is 1.64. The van der Waals surface area contributed by atoms with Crippen LogP contribution in [0.3, 0.4) is 0 Å². The van der Waals surface area contributed by atoms with E-state index < -0.39 is 0 Å². The van der Waals surface area contributed by atoms with Gasteiger partial charge in [-0.3, -0.25) is 0 Å². The normalized spacial score (nSPS) is 19.3. The molecule has 1 aliphatic heterocycles. The van der Waals surface area contributed by atoms with Crippen molar-refractivity contribution in [3.63, 3.8) is 0 Å². The summed E-state index contributed by atoms with van der Waals surface area (Å²) < 4.78 is 10.5. The molecule has 0 aliphatic carbocycles. The van der Waals surface area contributed by atoms with Gasteiger partial charge in [-0.2, -0.15) is 0 Å². The van der Waals surface area contributed by atoms with Crippen LogP contribution in [0.2, 0.25) is 0 Å². The van der Waals surface area contributed by atoms with E-state index in [0.29, 0.717) is 5.92 Å². The highest BCUT2D eigenvalue weighted by Crippen LogP contribution is 2.28. The van der Waals surface area contributed by atoms with Crippen LogP contribution in [0.15, 0.2) is 29.0 Å². The Hall–Kier alpha value is -1.59. The molecule has 1 unspecified atom stereocenters. The van der Waals surface area contributed by atoms with Gasteiger partial charge in [-0.05, 0) is 37.4 Å². The fraction of sp³-hybridized carbons (Fsp3) is 0.562. The molecule has 1 aliphatic rings. The van der Waals surface area contributed by atoms with Crippen molar-refractivity contribution in [2.45, 2.75) is 12.8 Å². The Bertz CT molecular complexity index is 569. The molecular formula is C16H23N3O2. The molecule has 0 radical (unpaired) electrons. The summed E-state index contributed by atoms with van der Waals surface area (Å²) in [6.45, 7) is 4.86. The summed E-state index contributed by atoms with van der Waals surface area (Å²) in [5.41, 5.74) is 0.917. The number of hydrogen-bond acceptors (Lipinski definition) is 5. The number of rotatable bonds is 6. The Kier molecular flexibility index (Phi) is 4.72. The minimum absolute atomic E-state index is 0.666. The average Bonchev–Trinajstić information content (AvgIpc) is 3.00. The van der Waals surface area contributed by atoms with Crippen LogP contribution in [0.1, 0.15) is 12.8 Å². The van der Waals surface area contributed by atoms with Crippen LogP contribution in [0.5, 0.6) is 0 Å². The van der Waals surface area contributed by atoms with Crippen molar-refractivity contribution in [3.8, 4) is 0 Å². The first-order valence-corrected chi connectivity index (χ1v) is 7.65. The molecule has 0 amide bonds. The summed E-state index contributed by atoms with van der Waals surface area (Å²) in [4.78, 5) is 6.97. The van der Waals surface area contributed by atoms with Gasteiger partial charge in [-0.15, -0.1) is 0 Å². The summed E-state index contributed by atoms with van der Waals surface area (Å²) in [6.07, 6.45) is 6.07. The monoisotopic (exact) mass is 289 g/mol. The van der Waals surface area contributed by atoms with Gasteiger partial charge in [0.25, 0.3) is 0 Å². The number of aromatic nitrogens is 1. The zero-order valence-electron chi connectivity index (χ0n) is 12.5. The molecule has 5 heteroatoms. The molecule has 0 saturated carbocycles. The Morgan fingerprint density at radius 2 is 2.43 bits per heavy atom. The zero-order chi connectivity index (χ0) is 14.5. The van der Waals surface area contributed by atoms with Crippen molar-refractivity contribution < 1.29 is 9.15 Å². The number of fused-ring (bicyclic) bond motifs is 1. The van der Waals surface area contributed by atoms with Crippen molar-refractivity contribution in [3.05, 3.63) is 24.6 Å². The van der Waals surface area contributed by atoms with Crippen molar-refractivity contribution in [1.29, 1.82) is 0 Å². The summed E-state index contributed by atoms with van der Waals surface area (Å²) in [7, 11) is 1.74. The number of nitrogens with one attached hydrogen (secondary N) is 1. The molecular weight excluding hydrogens is 266 g/mol. The number of nitrogens with zero attached hydrogens (tertiary/aromatic N) is 2. The molecule has 1 N–H and O–H groups in total. The van der Waals surface area contributed by atoms with Gasteiger partial charge in [0.2, 0.25) is 0 Å². The Morgan fingerprint density at radius 1 is 1.48 bits per heavy atom.